The summed E-state index contributed by atoms with van der Waals surface area (Å²) in [6.45, 7) is 1.34. The van der Waals surface area contributed by atoms with Crippen molar-refractivity contribution in [1.29, 1.82) is 0 Å². The van der Waals surface area contributed by atoms with E-state index in [0.29, 0.717) is 18.8 Å². The molecule has 0 aliphatic carbocycles. The zero-order valence-corrected chi connectivity index (χ0v) is 10.5. The normalized spacial score (nSPS) is 16.3. The molecule has 0 spiro atoms. The number of ketones is 1. The summed E-state index contributed by atoms with van der Waals surface area (Å²) in [6, 6.07) is 7.15. The van der Waals surface area contributed by atoms with Crippen LogP contribution in [0.2, 0.25) is 0 Å². The van der Waals surface area contributed by atoms with Gasteiger partial charge >= 0.3 is 0 Å². The van der Waals surface area contributed by atoms with Gasteiger partial charge in [0.2, 0.25) is 6.41 Å². The highest BCUT2D eigenvalue weighted by atomic mass is 16.5. The maximum Gasteiger partial charge on any atom is 0.213 e. The lowest BCUT2D eigenvalue weighted by Gasteiger charge is -2.21. The summed E-state index contributed by atoms with van der Waals surface area (Å²) >= 11 is 0. The number of hydrogen-bond donors (Lipinski definition) is 0. The molecule has 96 valence electrons. The average Bonchev–Trinajstić information content (AvgIpc) is 2.47. The zero-order chi connectivity index (χ0) is 13.0. The van der Waals surface area contributed by atoms with Crippen LogP contribution in [0.3, 0.4) is 0 Å². The summed E-state index contributed by atoms with van der Waals surface area (Å²) in [5.41, 5.74) is 1.50. The third-order valence-corrected chi connectivity index (χ3v) is 3.31. The lowest BCUT2D eigenvalue weighted by molar-refractivity contribution is -0.107. The fourth-order valence-corrected chi connectivity index (χ4v) is 2.12. The van der Waals surface area contributed by atoms with E-state index in [2.05, 4.69) is 0 Å². The number of amides is 1. The molecule has 1 aromatic rings. The van der Waals surface area contributed by atoms with Crippen molar-refractivity contribution in [3.05, 3.63) is 29.8 Å². The first-order valence-electron chi connectivity index (χ1n) is 6.12. The molecule has 18 heavy (non-hydrogen) atoms. The topological polar surface area (TPSA) is 46.6 Å². The molecule has 0 atom stereocenters. The number of hydrogen-bond acceptors (Lipinski definition) is 3. The quantitative estimate of drug-likeness (QED) is 0.603. The van der Waals surface area contributed by atoms with Crippen LogP contribution in [0, 0.1) is 5.92 Å². The highest BCUT2D eigenvalue weighted by molar-refractivity contribution is 5.98. The first-order valence-corrected chi connectivity index (χ1v) is 6.12. The summed E-state index contributed by atoms with van der Waals surface area (Å²) in [4.78, 5) is 24.3. The van der Waals surface area contributed by atoms with Crippen molar-refractivity contribution in [2.75, 3.05) is 25.2 Å². The predicted octanol–water partition coefficient (Wildman–Crippen LogP) is 1.89. The molecule has 1 heterocycles. The van der Waals surface area contributed by atoms with Gasteiger partial charge in [-0.05, 0) is 37.1 Å². The van der Waals surface area contributed by atoms with E-state index in [1.54, 1.807) is 31.3 Å². The van der Waals surface area contributed by atoms with Crippen LogP contribution in [0.15, 0.2) is 24.3 Å². The van der Waals surface area contributed by atoms with Gasteiger partial charge in [-0.1, -0.05) is 0 Å². The van der Waals surface area contributed by atoms with Crippen LogP contribution in [-0.2, 0) is 9.53 Å². The van der Waals surface area contributed by atoms with Crippen molar-refractivity contribution in [3.63, 3.8) is 0 Å². The fraction of sp³-hybridized carbons (Fsp3) is 0.429. The first kappa shape index (κ1) is 12.8. The Hall–Kier alpha value is -1.68. The van der Waals surface area contributed by atoms with E-state index in [1.165, 1.54) is 4.90 Å². The van der Waals surface area contributed by atoms with E-state index in [-0.39, 0.29) is 11.7 Å². The van der Waals surface area contributed by atoms with Crippen molar-refractivity contribution in [3.8, 4) is 0 Å². The number of carbonyl (C=O) groups is 2. The van der Waals surface area contributed by atoms with Crippen LogP contribution in [0.1, 0.15) is 23.2 Å². The molecule has 2 rings (SSSR count). The summed E-state index contributed by atoms with van der Waals surface area (Å²) in [5.74, 6) is 0.256. The van der Waals surface area contributed by atoms with Gasteiger partial charge in [0.05, 0.1) is 0 Å². The largest absolute Gasteiger partial charge is 0.381 e. The molecule has 1 amide bonds. The van der Waals surface area contributed by atoms with E-state index in [4.69, 9.17) is 4.74 Å². The molecule has 4 nitrogen and oxygen atoms in total. The number of carbonyl (C=O) groups excluding carboxylic acids is 2. The maximum atomic E-state index is 12.2. The second kappa shape index (κ2) is 5.78. The van der Waals surface area contributed by atoms with Gasteiger partial charge in [-0.2, -0.15) is 0 Å². The smallest absolute Gasteiger partial charge is 0.213 e. The van der Waals surface area contributed by atoms with Crippen molar-refractivity contribution in [1.82, 2.24) is 0 Å². The molecule has 0 saturated carbocycles. The average molecular weight is 247 g/mol. The van der Waals surface area contributed by atoms with Gasteiger partial charge in [-0.25, -0.2) is 0 Å². The molecule has 0 N–H and O–H groups in total. The van der Waals surface area contributed by atoms with E-state index >= 15 is 0 Å². The lowest BCUT2D eigenvalue weighted by atomic mass is 9.91. The minimum absolute atomic E-state index is 0.0772. The van der Waals surface area contributed by atoms with Gasteiger partial charge in [0.25, 0.3) is 0 Å². The molecule has 0 unspecified atom stereocenters. The van der Waals surface area contributed by atoms with Gasteiger partial charge in [0.15, 0.2) is 5.78 Å². The Balaban J connectivity index is 2.08. The summed E-state index contributed by atoms with van der Waals surface area (Å²) in [6.07, 6.45) is 2.35. The minimum atomic E-state index is 0.0772. The number of anilines is 1. The van der Waals surface area contributed by atoms with E-state index in [1.807, 2.05) is 0 Å². The van der Waals surface area contributed by atoms with Crippen LogP contribution < -0.4 is 4.90 Å². The standard InChI is InChI=1S/C14H17NO3/c1-15(10-16)13-4-2-11(3-5-13)14(17)12-6-8-18-9-7-12/h2-5,10,12H,6-9H2,1H3. The molecule has 1 saturated heterocycles. The van der Waals surface area contributed by atoms with Gasteiger partial charge in [0, 0.05) is 37.4 Å². The number of Topliss-reactive ketones (excluding diaryl/α,β-unsaturated/α-hetero) is 1. The Labute approximate surface area is 107 Å². The van der Waals surface area contributed by atoms with E-state index < -0.39 is 0 Å². The molecule has 1 aliphatic heterocycles. The number of ether oxygens (including phenoxy) is 1. The Kier molecular flexibility index (Phi) is 4.10. The molecular weight excluding hydrogens is 230 g/mol. The highest BCUT2D eigenvalue weighted by Gasteiger charge is 2.22. The van der Waals surface area contributed by atoms with Gasteiger partial charge < -0.3 is 9.64 Å². The van der Waals surface area contributed by atoms with Crippen molar-refractivity contribution < 1.29 is 14.3 Å². The van der Waals surface area contributed by atoms with Gasteiger partial charge in [0.1, 0.15) is 0 Å². The summed E-state index contributed by atoms with van der Waals surface area (Å²) in [5, 5.41) is 0. The molecule has 1 aromatic carbocycles. The summed E-state index contributed by atoms with van der Waals surface area (Å²) in [7, 11) is 1.68. The second-order valence-corrected chi connectivity index (χ2v) is 4.51. The number of nitrogens with zero attached hydrogens (tertiary/aromatic N) is 1. The maximum absolute atomic E-state index is 12.2. The SMILES string of the molecule is CN(C=O)c1ccc(C(=O)C2CCOCC2)cc1. The molecular formula is C14H17NO3. The van der Waals surface area contributed by atoms with Crippen LogP contribution in [0.4, 0.5) is 5.69 Å². The van der Waals surface area contributed by atoms with Crippen molar-refractivity contribution >= 4 is 17.9 Å². The van der Waals surface area contributed by atoms with Crippen molar-refractivity contribution in [2.45, 2.75) is 12.8 Å². The van der Waals surface area contributed by atoms with Crippen LogP contribution in [-0.4, -0.2) is 32.5 Å². The minimum Gasteiger partial charge on any atom is -0.381 e. The van der Waals surface area contributed by atoms with Crippen LogP contribution >= 0.6 is 0 Å². The van der Waals surface area contributed by atoms with Gasteiger partial charge in [-0.15, -0.1) is 0 Å². The zero-order valence-electron chi connectivity index (χ0n) is 10.5. The molecule has 1 fully saturated rings. The fourth-order valence-electron chi connectivity index (χ4n) is 2.12. The number of rotatable bonds is 4. The van der Waals surface area contributed by atoms with Crippen LogP contribution in [0.5, 0.6) is 0 Å². The lowest BCUT2D eigenvalue weighted by Crippen LogP contribution is -2.23. The third-order valence-electron chi connectivity index (χ3n) is 3.31. The van der Waals surface area contributed by atoms with Gasteiger partial charge in [-0.3, -0.25) is 9.59 Å². The van der Waals surface area contributed by atoms with Crippen molar-refractivity contribution in [2.24, 2.45) is 5.92 Å². The molecule has 4 heteroatoms. The molecule has 0 radical (unpaired) electrons. The van der Waals surface area contributed by atoms with E-state index in [0.717, 1.165) is 24.9 Å². The second-order valence-electron chi connectivity index (χ2n) is 4.51. The molecule has 1 aliphatic rings. The third kappa shape index (κ3) is 2.76. The highest BCUT2D eigenvalue weighted by Crippen LogP contribution is 2.21. The Morgan fingerprint density at radius 1 is 1.28 bits per heavy atom. The number of benzene rings is 1. The molecule has 0 bridgehead atoms. The monoisotopic (exact) mass is 247 g/mol. The van der Waals surface area contributed by atoms with E-state index in [9.17, 15) is 9.59 Å². The Morgan fingerprint density at radius 2 is 1.89 bits per heavy atom. The molecule has 0 aromatic heterocycles. The predicted molar refractivity (Wildman–Crippen MR) is 68.8 cm³/mol. The Bertz CT molecular complexity index is 421. The Morgan fingerprint density at radius 3 is 2.44 bits per heavy atom. The summed E-state index contributed by atoms with van der Waals surface area (Å²) < 4.78 is 5.25. The van der Waals surface area contributed by atoms with Crippen LogP contribution in [0.25, 0.3) is 0 Å². The first-order chi connectivity index (χ1) is 8.72.